The molecule has 2 atom stereocenters. The molecule has 1 aliphatic heterocycles. The number of nitrogens with zero attached hydrogens (tertiary/aromatic N) is 3. The normalized spacial score (nSPS) is 30.9. The molecular formula is C13H17N3. The van der Waals surface area contributed by atoms with E-state index in [1.807, 2.05) is 12.1 Å². The molecule has 1 aromatic rings. The Morgan fingerprint density at radius 3 is 2.75 bits per heavy atom. The van der Waals surface area contributed by atoms with E-state index in [0.717, 1.165) is 25.1 Å². The van der Waals surface area contributed by atoms with Gasteiger partial charge >= 0.3 is 0 Å². The Kier molecular flexibility index (Phi) is 2.93. The zero-order valence-corrected chi connectivity index (χ0v) is 9.85. The van der Waals surface area contributed by atoms with Crippen LogP contribution in [-0.4, -0.2) is 30.0 Å². The van der Waals surface area contributed by atoms with Gasteiger partial charge in [0.2, 0.25) is 0 Å². The lowest BCUT2D eigenvalue weighted by molar-refractivity contribution is 0.157. The number of piperidine rings is 1. The fourth-order valence-electron chi connectivity index (χ4n) is 2.64. The first kappa shape index (κ1) is 11.1. The van der Waals surface area contributed by atoms with Crippen LogP contribution in [-0.2, 0) is 5.41 Å². The van der Waals surface area contributed by atoms with E-state index in [-0.39, 0.29) is 5.41 Å². The molecule has 1 saturated heterocycles. The van der Waals surface area contributed by atoms with Crippen molar-refractivity contribution in [2.24, 2.45) is 5.92 Å². The Morgan fingerprint density at radius 2 is 2.19 bits per heavy atom. The number of hydrogen-bond acceptors (Lipinski definition) is 3. The van der Waals surface area contributed by atoms with Gasteiger partial charge in [-0.05, 0) is 43.6 Å². The Hall–Kier alpha value is -1.40. The molecule has 2 rings (SSSR count). The summed E-state index contributed by atoms with van der Waals surface area (Å²) in [5, 5.41) is 9.56. The molecule has 84 valence electrons. The monoisotopic (exact) mass is 215 g/mol. The molecule has 0 aromatic carbocycles. The van der Waals surface area contributed by atoms with E-state index in [2.05, 4.69) is 29.9 Å². The van der Waals surface area contributed by atoms with Gasteiger partial charge in [0.25, 0.3) is 0 Å². The van der Waals surface area contributed by atoms with E-state index < -0.39 is 0 Å². The van der Waals surface area contributed by atoms with E-state index in [4.69, 9.17) is 0 Å². The van der Waals surface area contributed by atoms with Crippen LogP contribution in [0.1, 0.15) is 18.9 Å². The molecule has 0 N–H and O–H groups in total. The summed E-state index contributed by atoms with van der Waals surface area (Å²) in [6, 6.07) is 6.50. The van der Waals surface area contributed by atoms with Gasteiger partial charge < -0.3 is 4.90 Å². The predicted octanol–water partition coefficient (Wildman–Crippen LogP) is 1.81. The molecule has 16 heavy (non-hydrogen) atoms. The average molecular weight is 215 g/mol. The molecule has 0 aliphatic carbocycles. The molecule has 3 nitrogen and oxygen atoms in total. The summed E-state index contributed by atoms with van der Waals surface area (Å²) in [4.78, 5) is 6.32. The van der Waals surface area contributed by atoms with Gasteiger partial charge in [-0.25, -0.2) is 0 Å². The van der Waals surface area contributed by atoms with Crippen LogP contribution < -0.4 is 0 Å². The number of pyridine rings is 1. The van der Waals surface area contributed by atoms with Crippen LogP contribution in [0.4, 0.5) is 0 Å². The van der Waals surface area contributed by atoms with Crippen molar-refractivity contribution in [1.82, 2.24) is 9.88 Å². The summed E-state index contributed by atoms with van der Waals surface area (Å²) < 4.78 is 0. The second-order valence-electron chi connectivity index (χ2n) is 4.73. The number of hydrogen-bond donors (Lipinski definition) is 0. The fourth-order valence-corrected chi connectivity index (χ4v) is 2.64. The molecule has 0 saturated carbocycles. The second kappa shape index (κ2) is 4.23. The maximum atomic E-state index is 9.56. The van der Waals surface area contributed by atoms with Crippen LogP contribution in [0.5, 0.6) is 0 Å². The summed E-state index contributed by atoms with van der Waals surface area (Å²) in [6.07, 6.45) is 4.46. The molecule has 0 amide bonds. The lowest BCUT2D eigenvalue weighted by atomic mass is 9.68. The lowest BCUT2D eigenvalue weighted by Crippen LogP contribution is -2.46. The van der Waals surface area contributed by atoms with Crippen molar-refractivity contribution in [2.75, 3.05) is 20.1 Å². The highest BCUT2D eigenvalue weighted by atomic mass is 15.1. The van der Waals surface area contributed by atoms with E-state index in [1.165, 1.54) is 0 Å². The molecule has 1 aliphatic rings. The van der Waals surface area contributed by atoms with E-state index in [9.17, 15) is 5.26 Å². The van der Waals surface area contributed by atoms with E-state index >= 15 is 0 Å². The minimum absolute atomic E-state index is 0.324. The Morgan fingerprint density at radius 1 is 1.50 bits per heavy atom. The van der Waals surface area contributed by atoms with Gasteiger partial charge in [-0.2, -0.15) is 5.26 Å². The van der Waals surface area contributed by atoms with Crippen molar-refractivity contribution < 1.29 is 0 Å². The highest BCUT2D eigenvalue weighted by molar-refractivity contribution is 5.33. The zero-order valence-electron chi connectivity index (χ0n) is 9.85. The highest BCUT2D eigenvalue weighted by Crippen LogP contribution is 2.38. The third-order valence-corrected chi connectivity index (χ3v) is 3.71. The topological polar surface area (TPSA) is 39.9 Å². The molecule has 1 fully saturated rings. The molecule has 3 heteroatoms. The maximum absolute atomic E-state index is 9.56. The molecule has 0 radical (unpaired) electrons. The van der Waals surface area contributed by atoms with Gasteiger partial charge in [-0.15, -0.1) is 0 Å². The van der Waals surface area contributed by atoms with Gasteiger partial charge in [0, 0.05) is 18.9 Å². The van der Waals surface area contributed by atoms with Crippen molar-refractivity contribution in [3.8, 4) is 6.07 Å². The summed E-state index contributed by atoms with van der Waals surface area (Å²) in [6.45, 7) is 4.13. The van der Waals surface area contributed by atoms with Gasteiger partial charge in [-0.1, -0.05) is 6.92 Å². The summed E-state index contributed by atoms with van der Waals surface area (Å²) in [7, 11) is 2.12. The zero-order chi connectivity index (χ0) is 11.6. The van der Waals surface area contributed by atoms with Crippen LogP contribution in [0.2, 0.25) is 0 Å². The van der Waals surface area contributed by atoms with Crippen LogP contribution in [0, 0.1) is 17.2 Å². The van der Waals surface area contributed by atoms with Crippen LogP contribution in [0.3, 0.4) is 0 Å². The first-order chi connectivity index (χ1) is 7.69. The summed E-state index contributed by atoms with van der Waals surface area (Å²) in [5.74, 6) is 0.360. The van der Waals surface area contributed by atoms with Crippen LogP contribution >= 0.6 is 0 Å². The standard InChI is InChI=1S/C13H17N3/c1-11-9-16(2)8-5-13(11,10-14)12-3-6-15-7-4-12/h3-4,6-7,11H,5,8-9H2,1-2H3/t11-,13+/m0/s1. The quantitative estimate of drug-likeness (QED) is 0.717. The van der Waals surface area contributed by atoms with Crippen molar-refractivity contribution in [1.29, 1.82) is 5.26 Å². The minimum Gasteiger partial charge on any atom is -0.306 e. The minimum atomic E-state index is -0.324. The largest absolute Gasteiger partial charge is 0.306 e. The van der Waals surface area contributed by atoms with E-state index in [1.54, 1.807) is 12.4 Å². The number of nitriles is 1. The molecule has 1 aromatic heterocycles. The van der Waals surface area contributed by atoms with Crippen molar-refractivity contribution in [3.63, 3.8) is 0 Å². The maximum Gasteiger partial charge on any atom is 0.0873 e. The van der Waals surface area contributed by atoms with Gasteiger partial charge in [-0.3, -0.25) is 4.98 Å². The number of aromatic nitrogens is 1. The fraction of sp³-hybridized carbons (Fsp3) is 0.538. The predicted molar refractivity (Wildman–Crippen MR) is 62.8 cm³/mol. The molecule has 0 bridgehead atoms. The van der Waals surface area contributed by atoms with E-state index in [0.29, 0.717) is 5.92 Å². The first-order valence-corrected chi connectivity index (χ1v) is 5.69. The number of rotatable bonds is 1. The second-order valence-corrected chi connectivity index (χ2v) is 4.73. The third kappa shape index (κ3) is 1.70. The lowest BCUT2D eigenvalue weighted by Gasteiger charge is -2.41. The van der Waals surface area contributed by atoms with Gasteiger partial charge in [0.15, 0.2) is 0 Å². The third-order valence-electron chi connectivity index (χ3n) is 3.71. The van der Waals surface area contributed by atoms with Crippen molar-refractivity contribution >= 4 is 0 Å². The molecule has 2 heterocycles. The summed E-state index contributed by atoms with van der Waals surface area (Å²) in [5.41, 5.74) is 0.792. The van der Waals surface area contributed by atoms with Gasteiger partial charge in [0.1, 0.15) is 0 Å². The van der Waals surface area contributed by atoms with Crippen LogP contribution in [0.25, 0.3) is 0 Å². The Bertz CT molecular complexity index is 395. The first-order valence-electron chi connectivity index (χ1n) is 5.69. The Labute approximate surface area is 96.7 Å². The summed E-state index contributed by atoms with van der Waals surface area (Å²) >= 11 is 0. The average Bonchev–Trinajstić information content (AvgIpc) is 2.31. The highest BCUT2D eigenvalue weighted by Gasteiger charge is 2.41. The molecule has 0 unspecified atom stereocenters. The smallest absolute Gasteiger partial charge is 0.0873 e. The van der Waals surface area contributed by atoms with Crippen molar-refractivity contribution in [2.45, 2.75) is 18.8 Å². The number of likely N-dealkylation sites (tertiary alicyclic amines) is 1. The Balaban J connectivity index is 2.37. The van der Waals surface area contributed by atoms with Crippen molar-refractivity contribution in [3.05, 3.63) is 30.1 Å². The van der Waals surface area contributed by atoms with Gasteiger partial charge in [0.05, 0.1) is 11.5 Å². The molecular weight excluding hydrogens is 198 g/mol. The molecule has 0 spiro atoms. The SMILES string of the molecule is C[C@H]1CN(C)CC[C@]1(C#N)c1ccncc1. The van der Waals surface area contributed by atoms with Crippen LogP contribution in [0.15, 0.2) is 24.5 Å².